The van der Waals surface area contributed by atoms with Gasteiger partial charge in [0.2, 0.25) is 0 Å². The van der Waals surface area contributed by atoms with Gasteiger partial charge >= 0.3 is 0 Å². The highest BCUT2D eigenvalue weighted by Crippen LogP contribution is 2.23. The molecule has 130 valence electrons. The lowest BCUT2D eigenvalue weighted by atomic mass is 10.2. The number of hydrogen-bond donors (Lipinski definition) is 1. The van der Waals surface area contributed by atoms with Crippen molar-refractivity contribution in [3.05, 3.63) is 53.1 Å². The summed E-state index contributed by atoms with van der Waals surface area (Å²) < 4.78 is 20.7. The van der Waals surface area contributed by atoms with Crippen LogP contribution < -0.4 is 0 Å². The molecule has 0 saturated heterocycles. The number of hydrogen-bond acceptors (Lipinski definition) is 3. The Morgan fingerprint density at radius 1 is 1.38 bits per heavy atom. The average molecular weight is 334 g/mol. The van der Waals surface area contributed by atoms with E-state index >= 15 is 0 Å². The van der Waals surface area contributed by atoms with Crippen LogP contribution in [-0.2, 0) is 4.74 Å². The second-order valence-corrected chi connectivity index (χ2v) is 5.87. The lowest BCUT2D eigenvalue weighted by Crippen LogP contribution is -2.36. The Morgan fingerprint density at radius 3 is 2.67 bits per heavy atom. The molecule has 1 unspecified atom stereocenters. The molecule has 2 rings (SSSR count). The number of aliphatic hydroxyl groups is 1. The maximum Gasteiger partial charge on any atom is 0.255 e. The van der Waals surface area contributed by atoms with Gasteiger partial charge in [-0.15, -0.1) is 0 Å². The number of carbonyl (C=O) groups is 1. The van der Waals surface area contributed by atoms with E-state index in [4.69, 9.17) is 4.74 Å². The van der Waals surface area contributed by atoms with Crippen LogP contribution in [0.25, 0.3) is 5.69 Å². The zero-order valence-electron chi connectivity index (χ0n) is 14.4. The molecule has 6 heteroatoms. The third-order valence-electron chi connectivity index (χ3n) is 3.95. The van der Waals surface area contributed by atoms with Crippen LogP contribution in [0.4, 0.5) is 4.39 Å². The van der Waals surface area contributed by atoms with Gasteiger partial charge in [0.1, 0.15) is 5.82 Å². The summed E-state index contributed by atoms with van der Waals surface area (Å²) in [4.78, 5) is 14.1. The smallest absolute Gasteiger partial charge is 0.255 e. The third-order valence-corrected chi connectivity index (χ3v) is 3.95. The average Bonchev–Trinajstić information content (AvgIpc) is 2.82. The summed E-state index contributed by atoms with van der Waals surface area (Å²) in [7, 11) is 3.11. The molecule has 2 aromatic rings. The first-order chi connectivity index (χ1) is 11.4. The van der Waals surface area contributed by atoms with Gasteiger partial charge in [-0.3, -0.25) is 4.79 Å². The molecule has 0 fully saturated rings. The molecule has 1 aromatic heterocycles. The van der Waals surface area contributed by atoms with E-state index in [0.29, 0.717) is 16.9 Å². The lowest BCUT2D eigenvalue weighted by molar-refractivity contribution is 0.0380. The van der Waals surface area contributed by atoms with Gasteiger partial charge in [0.05, 0.1) is 24.0 Å². The predicted molar refractivity (Wildman–Crippen MR) is 90.0 cm³/mol. The van der Waals surface area contributed by atoms with Crippen molar-refractivity contribution in [2.45, 2.75) is 20.0 Å². The first-order valence-electron chi connectivity index (χ1n) is 7.73. The standard InChI is InChI=1S/C18H23FN2O3/c1-12-9-15(18(23)20(3)10-14(22)11-24-4)13(2)21(12)17-8-6-5-7-16(17)19/h5-9,14,22H,10-11H2,1-4H3. The van der Waals surface area contributed by atoms with Crippen molar-refractivity contribution < 1.29 is 19.0 Å². The van der Waals surface area contributed by atoms with Gasteiger partial charge in [-0.2, -0.15) is 0 Å². The van der Waals surface area contributed by atoms with Crippen molar-refractivity contribution in [2.24, 2.45) is 0 Å². The minimum Gasteiger partial charge on any atom is -0.389 e. The Morgan fingerprint density at radius 2 is 2.04 bits per heavy atom. The fourth-order valence-electron chi connectivity index (χ4n) is 2.83. The number of aromatic nitrogens is 1. The largest absolute Gasteiger partial charge is 0.389 e. The molecular weight excluding hydrogens is 311 g/mol. The number of carbonyl (C=O) groups excluding carboxylic acids is 1. The number of rotatable bonds is 6. The van der Waals surface area contributed by atoms with Gasteiger partial charge in [-0.1, -0.05) is 12.1 Å². The molecule has 1 amide bonds. The molecule has 0 bridgehead atoms. The fourth-order valence-corrected chi connectivity index (χ4v) is 2.83. The summed E-state index contributed by atoms with van der Waals surface area (Å²) in [6, 6.07) is 8.19. The van der Waals surface area contributed by atoms with Crippen molar-refractivity contribution in [3.63, 3.8) is 0 Å². The van der Waals surface area contributed by atoms with E-state index < -0.39 is 6.10 Å². The summed E-state index contributed by atoms with van der Waals surface area (Å²) in [6.07, 6.45) is -0.751. The minimum absolute atomic E-state index is 0.159. The fraction of sp³-hybridized carbons (Fsp3) is 0.389. The Bertz CT molecular complexity index is 727. The van der Waals surface area contributed by atoms with Crippen LogP contribution in [0.5, 0.6) is 0 Å². The molecule has 0 radical (unpaired) electrons. The third kappa shape index (κ3) is 3.66. The van der Waals surface area contributed by atoms with Crippen LogP contribution in [0.1, 0.15) is 21.7 Å². The van der Waals surface area contributed by atoms with E-state index in [1.165, 1.54) is 18.1 Å². The van der Waals surface area contributed by atoms with E-state index in [0.717, 1.165) is 5.69 Å². The Labute approximate surface area is 141 Å². The number of aryl methyl sites for hydroxylation is 1. The maximum absolute atomic E-state index is 14.1. The van der Waals surface area contributed by atoms with Crippen LogP contribution in [0.15, 0.2) is 30.3 Å². The van der Waals surface area contributed by atoms with Crippen molar-refractivity contribution in [2.75, 3.05) is 27.3 Å². The minimum atomic E-state index is -0.751. The molecule has 0 aliphatic carbocycles. The highest BCUT2D eigenvalue weighted by atomic mass is 19.1. The molecule has 0 aliphatic rings. The number of aliphatic hydroxyl groups excluding tert-OH is 1. The molecule has 0 aliphatic heterocycles. The number of halogens is 1. The number of ether oxygens (including phenoxy) is 1. The number of para-hydroxylation sites is 1. The van der Waals surface area contributed by atoms with Gasteiger partial charge in [0, 0.05) is 32.1 Å². The highest BCUT2D eigenvalue weighted by molar-refractivity contribution is 5.95. The molecular formula is C18H23FN2O3. The second kappa shape index (κ2) is 7.59. The van der Waals surface area contributed by atoms with E-state index in [-0.39, 0.29) is 24.9 Å². The molecule has 0 saturated carbocycles. The molecule has 0 spiro atoms. The highest BCUT2D eigenvalue weighted by Gasteiger charge is 2.22. The number of likely N-dealkylation sites (N-methyl/N-ethyl adjacent to an activating group) is 1. The van der Waals surface area contributed by atoms with E-state index in [1.807, 2.05) is 6.92 Å². The maximum atomic E-state index is 14.1. The van der Waals surface area contributed by atoms with E-state index in [1.54, 1.807) is 42.8 Å². The van der Waals surface area contributed by atoms with Crippen molar-refractivity contribution >= 4 is 5.91 Å². The second-order valence-electron chi connectivity index (χ2n) is 5.87. The van der Waals surface area contributed by atoms with Gasteiger partial charge in [0.15, 0.2) is 0 Å². The number of benzene rings is 1. The van der Waals surface area contributed by atoms with Gasteiger partial charge in [0.25, 0.3) is 5.91 Å². The quantitative estimate of drug-likeness (QED) is 0.882. The monoisotopic (exact) mass is 334 g/mol. The van der Waals surface area contributed by atoms with Gasteiger partial charge in [-0.25, -0.2) is 4.39 Å². The number of amides is 1. The molecule has 5 nitrogen and oxygen atoms in total. The zero-order chi connectivity index (χ0) is 17.9. The van der Waals surface area contributed by atoms with Crippen LogP contribution in [0.2, 0.25) is 0 Å². The summed E-state index contributed by atoms with van der Waals surface area (Å²) in [5, 5.41) is 9.79. The topological polar surface area (TPSA) is 54.7 Å². The van der Waals surface area contributed by atoms with Crippen molar-refractivity contribution in [1.29, 1.82) is 0 Å². The molecule has 1 aromatic carbocycles. The Kier molecular flexibility index (Phi) is 5.75. The van der Waals surface area contributed by atoms with Crippen molar-refractivity contribution in [3.8, 4) is 5.69 Å². The lowest BCUT2D eigenvalue weighted by Gasteiger charge is -2.20. The van der Waals surface area contributed by atoms with Gasteiger partial charge in [-0.05, 0) is 32.0 Å². The van der Waals surface area contributed by atoms with Crippen LogP contribution >= 0.6 is 0 Å². The molecule has 1 N–H and O–H groups in total. The van der Waals surface area contributed by atoms with Crippen LogP contribution in [0.3, 0.4) is 0 Å². The zero-order valence-corrected chi connectivity index (χ0v) is 14.4. The van der Waals surface area contributed by atoms with Crippen LogP contribution in [-0.4, -0.2) is 53.9 Å². The normalized spacial score (nSPS) is 12.2. The van der Waals surface area contributed by atoms with Gasteiger partial charge < -0.3 is 19.3 Å². The number of nitrogens with zero attached hydrogens (tertiary/aromatic N) is 2. The van der Waals surface area contributed by atoms with Crippen LogP contribution in [0, 0.1) is 19.7 Å². The number of methoxy groups -OCH3 is 1. The van der Waals surface area contributed by atoms with Crippen molar-refractivity contribution in [1.82, 2.24) is 9.47 Å². The molecule has 1 heterocycles. The Hall–Kier alpha value is -2.18. The summed E-state index contributed by atoms with van der Waals surface area (Å²) >= 11 is 0. The Balaban J connectivity index is 2.32. The first-order valence-corrected chi connectivity index (χ1v) is 7.73. The predicted octanol–water partition coefficient (Wildman–Crippen LogP) is 2.31. The van der Waals surface area contributed by atoms with E-state index in [2.05, 4.69) is 0 Å². The first kappa shape index (κ1) is 18.2. The SMILES string of the molecule is COCC(O)CN(C)C(=O)c1cc(C)n(-c2ccccc2F)c1C. The molecule has 24 heavy (non-hydrogen) atoms. The summed E-state index contributed by atoms with van der Waals surface area (Å²) in [5.41, 5.74) is 2.33. The summed E-state index contributed by atoms with van der Waals surface area (Å²) in [5.74, 6) is -0.567. The summed E-state index contributed by atoms with van der Waals surface area (Å²) in [6.45, 7) is 3.93. The molecule has 1 atom stereocenters. The van der Waals surface area contributed by atoms with E-state index in [9.17, 15) is 14.3 Å².